The molecule has 2 fully saturated rings. The molecule has 2 N–H and O–H groups in total. The van der Waals surface area contributed by atoms with Crippen molar-refractivity contribution in [1.29, 1.82) is 0 Å². The van der Waals surface area contributed by atoms with Crippen molar-refractivity contribution in [1.82, 2.24) is 30.0 Å². The van der Waals surface area contributed by atoms with Crippen LogP contribution in [0.5, 0.6) is 11.5 Å². The van der Waals surface area contributed by atoms with Crippen molar-refractivity contribution >= 4 is 29.4 Å². The van der Waals surface area contributed by atoms with E-state index in [-0.39, 0.29) is 17.7 Å². The van der Waals surface area contributed by atoms with Gasteiger partial charge in [-0.2, -0.15) is 0 Å². The van der Waals surface area contributed by atoms with Gasteiger partial charge in [0.2, 0.25) is 11.9 Å². The highest BCUT2D eigenvalue weighted by Crippen LogP contribution is 2.31. The minimum atomic E-state index is -0.854. The minimum absolute atomic E-state index is 0.226. The van der Waals surface area contributed by atoms with E-state index in [9.17, 15) is 14.4 Å². The first kappa shape index (κ1) is 47.4. The second-order valence-electron chi connectivity index (χ2n) is 16.5. The summed E-state index contributed by atoms with van der Waals surface area (Å²) < 4.78 is 41.1. The molecular formula is C50H59N7O10. The van der Waals surface area contributed by atoms with E-state index in [1.165, 1.54) is 0 Å². The van der Waals surface area contributed by atoms with Gasteiger partial charge in [-0.25, -0.2) is 9.97 Å². The number of fused-ring (bicyclic) bond motifs is 8. The number of imide groups is 1. The van der Waals surface area contributed by atoms with Gasteiger partial charge in [-0.15, -0.1) is 0 Å². The molecule has 17 nitrogen and oxygen atoms in total. The largest absolute Gasteiger partial charge is 0.492 e. The van der Waals surface area contributed by atoms with Crippen LogP contribution in [0.3, 0.4) is 0 Å². The Bertz CT molecular complexity index is 2370. The summed E-state index contributed by atoms with van der Waals surface area (Å²) in [5.74, 6) is 0.366. The van der Waals surface area contributed by atoms with Crippen molar-refractivity contribution in [2.24, 2.45) is 0 Å². The fraction of sp³-hybridized carbons (Fsp3) is 0.420. The maximum Gasteiger partial charge on any atom is 0.262 e. The quantitative estimate of drug-likeness (QED) is 0.0775. The van der Waals surface area contributed by atoms with Crippen LogP contribution in [0.4, 0.5) is 11.6 Å². The van der Waals surface area contributed by atoms with Crippen LogP contribution in [0.2, 0.25) is 0 Å². The fourth-order valence-electron chi connectivity index (χ4n) is 8.15. The molecule has 4 aliphatic rings. The molecule has 8 rings (SSSR count). The van der Waals surface area contributed by atoms with Crippen molar-refractivity contribution in [3.8, 4) is 22.8 Å². The molecule has 67 heavy (non-hydrogen) atoms. The third-order valence-electron chi connectivity index (χ3n) is 11.8. The lowest BCUT2D eigenvalue weighted by atomic mass is 10.0. The molecule has 0 spiro atoms. The van der Waals surface area contributed by atoms with E-state index in [1.807, 2.05) is 54.6 Å². The topological polar surface area (TPSA) is 175 Å². The Morgan fingerprint density at radius 2 is 1.42 bits per heavy atom. The van der Waals surface area contributed by atoms with Gasteiger partial charge in [0.1, 0.15) is 30.8 Å². The summed E-state index contributed by atoms with van der Waals surface area (Å²) >= 11 is 0. The summed E-state index contributed by atoms with van der Waals surface area (Å²) in [5, 5.41) is 6.00. The number of hydrogen-bond donors (Lipinski definition) is 2. The molecular weight excluding hydrogens is 859 g/mol. The number of piperidine rings is 1. The third-order valence-corrected chi connectivity index (χ3v) is 11.8. The Kier molecular flexibility index (Phi) is 17.1. The molecule has 354 valence electrons. The number of amides is 3. The Balaban J connectivity index is 0.666. The van der Waals surface area contributed by atoms with Crippen molar-refractivity contribution < 1.29 is 47.5 Å². The van der Waals surface area contributed by atoms with Gasteiger partial charge in [0.05, 0.1) is 82.9 Å². The number of ether oxygens (including phenoxy) is 7. The number of piperazine rings is 1. The highest BCUT2D eigenvalue weighted by molar-refractivity contribution is 6.23. The summed E-state index contributed by atoms with van der Waals surface area (Å²) in [4.78, 5) is 53.6. The predicted octanol–water partition coefficient (Wildman–Crippen LogP) is 5.00. The number of nitrogens with one attached hydrogen (secondary N) is 2. The van der Waals surface area contributed by atoms with Crippen LogP contribution in [0.1, 0.15) is 44.7 Å². The van der Waals surface area contributed by atoms with Crippen LogP contribution in [0.15, 0.2) is 97.4 Å². The number of anilines is 2. The summed E-state index contributed by atoms with van der Waals surface area (Å²) in [6, 6.07) is 20.0. The third kappa shape index (κ3) is 13.3. The zero-order valence-electron chi connectivity index (χ0n) is 37.8. The van der Waals surface area contributed by atoms with Crippen LogP contribution in [-0.4, -0.2) is 154 Å². The molecule has 3 aromatic carbocycles. The lowest BCUT2D eigenvalue weighted by Crippen LogP contribution is -2.51. The molecule has 1 atom stereocenters. The highest BCUT2D eigenvalue weighted by atomic mass is 16.6. The number of aromatic nitrogens is 2. The van der Waals surface area contributed by atoms with E-state index < -0.39 is 23.8 Å². The van der Waals surface area contributed by atoms with Gasteiger partial charge in [-0.1, -0.05) is 36.9 Å². The van der Waals surface area contributed by atoms with Gasteiger partial charge in [0, 0.05) is 68.0 Å². The zero-order valence-corrected chi connectivity index (χ0v) is 37.8. The average Bonchev–Trinajstić information content (AvgIpc) is 3.58. The first-order valence-electron chi connectivity index (χ1n) is 22.9. The van der Waals surface area contributed by atoms with Crippen molar-refractivity contribution in [2.45, 2.75) is 32.1 Å². The number of carbonyl (C=O) groups excluding carboxylic acids is 3. The second-order valence-corrected chi connectivity index (χ2v) is 16.5. The van der Waals surface area contributed by atoms with Gasteiger partial charge < -0.3 is 43.8 Å². The molecule has 4 aliphatic heterocycles. The van der Waals surface area contributed by atoms with Crippen LogP contribution in [0.25, 0.3) is 11.3 Å². The summed E-state index contributed by atoms with van der Waals surface area (Å²) in [5.41, 5.74) is 5.77. The van der Waals surface area contributed by atoms with E-state index in [0.29, 0.717) is 103 Å². The van der Waals surface area contributed by atoms with Crippen LogP contribution >= 0.6 is 0 Å². The van der Waals surface area contributed by atoms with E-state index in [0.717, 1.165) is 78.0 Å². The Morgan fingerprint density at radius 1 is 0.701 bits per heavy atom. The zero-order chi connectivity index (χ0) is 46.2. The van der Waals surface area contributed by atoms with E-state index in [2.05, 4.69) is 38.1 Å². The van der Waals surface area contributed by atoms with Gasteiger partial charge in [0.25, 0.3) is 11.8 Å². The average molecular weight is 918 g/mol. The highest BCUT2D eigenvalue weighted by Gasteiger charge is 2.44. The van der Waals surface area contributed by atoms with Gasteiger partial charge in [0.15, 0.2) is 0 Å². The smallest absolute Gasteiger partial charge is 0.262 e. The lowest BCUT2D eigenvalue weighted by molar-refractivity contribution is -0.125. The number of hydrogen-bond acceptors (Lipinski definition) is 15. The lowest BCUT2D eigenvalue weighted by Gasteiger charge is -2.34. The first-order valence-corrected chi connectivity index (χ1v) is 22.9. The molecule has 1 unspecified atom stereocenters. The molecule has 0 radical (unpaired) electrons. The Morgan fingerprint density at radius 3 is 2.19 bits per heavy atom. The van der Waals surface area contributed by atoms with Crippen molar-refractivity contribution in [3.05, 3.63) is 120 Å². The second kappa shape index (κ2) is 24.1. The number of allylic oxidation sites excluding steroid dienone is 1. The van der Waals surface area contributed by atoms with Gasteiger partial charge in [-0.05, 0) is 66.9 Å². The molecule has 5 heterocycles. The number of nitrogens with zero attached hydrogens (tertiary/aromatic N) is 5. The Hall–Kier alpha value is -6.05. The van der Waals surface area contributed by atoms with Crippen LogP contribution < -0.4 is 20.1 Å². The van der Waals surface area contributed by atoms with E-state index in [1.54, 1.807) is 24.4 Å². The molecule has 0 aliphatic carbocycles. The molecule has 2 saturated heterocycles. The molecule has 17 heteroatoms. The van der Waals surface area contributed by atoms with Crippen molar-refractivity contribution in [2.75, 3.05) is 111 Å². The fourth-order valence-corrected chi connectivity index (χ4v) is 8.15. The number of carbonyl (C=O) groups is 3. The van der Waals surface area contributed by atoms with E-state index >= 15 is 0 Å². The van der Waals surface area contributed by atoms with Crippen LogP contribution in [-0.2, 0) is 41.7 Å². The molecule has 1 aromatic heterocycles. The number of benzene rings is 3. The standard InChI is InChI=1S/C50H59N7O10/c1-36-7-11-45(47(58)52-36)57-48(59)42-10-9-41(33-43(42)49(57)60)66-30-29-63-28-27-62-26-25-61-23-19-55-15-17-56(18-16-55)20-24-67-46-12-8-40-32-39(46)35-65-22-3-2-21-64-34-37-5-4-6-38(31-37)44-13-14-51-50(53-40)54-44/h2-6,8-10,12-14,31-33,45H,1,7,11,15-30,34-35H2,(H,52,58)(H,51,53,54)/b3-2+. The number of rotatable bonds is 18. The SMILES string of the molecule is C=C1CCC(N2C(=O)c3ccc(OCCOCCOCCOCCN4CCN(CCOc5ccc6cc5COC/C=C/COCc5cccc(c5)-c5ccnc(n5)N6)CC4)cc3C2=O)C(=O)N1. The predicted molar refractivity (Wildman–Crippen MR) is 249 cm³/mol. The van der Waals surface area contributed by atoms with E-state index in [4.69, 9.17) is 38.1 Å². The Labute approximate surface area is 391 Å². The summed E-state index contributed by atoms with van der Waals surface area (Å²) in [6.45, 7) is 14.7. The van der Waals surface area contributed by atoms with Crippen molar-refractivity contribution in [3.63, 3.8) is 0 Å². The summed E-state index contributed by atoms with van der Waals surface area (Å²) in [6.07, 6.45) is 6.58. The first-order chi connectivity index (χ1) is 32.9. The van der Waals surface area contributed by atoms with Gasteiger partial charge >= 0.3 is 0 Å². The summed E-state index contributed by atoms with van der Waals surface area (Å²) in [7, 11) is 0. The monoisotopic (exact) mass is 917 g/mol. The molecule has 0 saturated carbocycles. The maximum atomic E-state index is 13.1. The van der Waals surface area contributed by atoms with Crippen LogP contribution in [0, 0.1) is 0 Å². The minimum Gasteiger partial charge on any atom is -0.492 e. The molecule has 6 bridgehead atoms. The molecule has 4 aromatic rings. The normalized spacial score (nSPS) is 18.7. The maximum absolute atomic E-state index is 13.1. The molecule has 3 amide bonds. The van der Waals surface area contributed by atoms with Gasteiger partial charge in [-0.3, -0.25) is 29.1 Å².